The van der Waals surface area contributed by atoms with Gasteiger partial charge < -0.3 is 4.74 Å². The van der Waals surface area contributed by atoms with E-state index in [-0.39, 0.29) is 6.02 Å². The molecule has 1 unspecified atom stereocenters. The predicted molar refractivity (Wildman–Crippen MR) is 40.6 cm³/mol. The Bertz CT molecular complexity index is 309. The van der Waals surface area contributed by atoms with Crippen molar-refractivity contribution in [2.75, 3.05) is 0 Å². The molecule has 3 heterocycles. The zero-order valence-electron chi connectivity index (χ0n) is 6.48. The van der Waals surface area contributed by atoms with E-state index in [2.05, 4.69) is 9.98 Å². The molecule has 0 saturated carbocycles. The minimum absolute atomic E-state index is 0.148. The first-order valence-electron chi connectivity index (χ1n) is 3.70. The maximum absolute atomic E-state index is 10.5. The van der Waals surface area contributed by atoms with E-state index in [1.807, 2.05) is 6.92 Å². The van der Waals surface area contributed by atoms with Gasteiger partial charge in [0.05, 0.1) is 4.92 Å². The zero-order chi connectivity index (χ0) is 8.77. The molecule has 0 fully saturated rings. The molecule has 0 amide bonds. The molecule has 0 aromatic heterocycles. The number of rotatable bonds is 3. The smallest absolute Gasteiger partial charge is 0.369 e. The first kappa shape index (κ1) is 7.20. The molecule has 0 aromatic rings. The standard InChI is InChI=1S/C6H7N3O3/c1-2-3-4-6(9(10)11)8-5(7-4)12-6/h2-3H2,1H3. The van der Waals surface area contributed by atoms with Crippen LogP contribution < -0.4 is 0 Å². The van der Waals surface area contributed by atoms with Crippen molar-refractivity contribution >= 4 is 11.7 Å². The first-order valence-corrected chi connectivity index (χ1v) is 3.70. The Morgan fingerprint density at radius 3 is 2.92 bits per heavy atom. The van der Waals surface area contributed by atoms with Gasteiger partial charge in [0.15, 0.2) is 5.71 Å². The number of ether oxygens (including phenoxy) is 1. The first-order chi connectivity index (χ1) is 5.69. The summed E-state index contributed by atoms with van der Waals surface area (Å²) in [4.78, 5) is 17.5. The third kappa shape index (κ3) is 0.640. The van der Waals surface area contributed by atoms with Gasteiger partial charge in [0, 0.05) is 0 Å². The van der Waals surface area contributed by atoms with Crippen LogP contribution in [0.1, 0.15) is 19.8 Å². The molecule has 0 saturated heterocycles. The average molecular weight is 169 g/mol. The summed E-state index contributed by atoms with van der Waals surface area (Å²) >= 11 is 0. The Balaban J connectivity index is 2.25. The third-order valence-electron chi connectivity index (χ3n) is 1.82. The fourth-order valence-electron chi connectivity index (χ4n) is 1.26. The van der Waals surface area contributed by atoms with E-state index in [9.17, 15) is 10.1 Å². The van der Waals surface area contributed by atoms with Gasteiger partial charge >= 0.3 is 11.9 Å². The average Bonchev–Trinajstić information content (AvgIpc) is 2.40. The van der Waals surface area contributed by atoms with E-state index in [4.69, 9.17) is 4.74 Å². The van der Waals surface area contributed by atoms with E-state index in [0.29, 0.717) is 12.1 Å². The van der Waals surface area contributed by atoms with Crippen LogP contribution in [0.15, 0.2) is 9.98 Å². The third-order valence-corrected chi connectivity index (χ3v) is 1.82. The van der Waals surface area contributed by atoms with Crippen molar-refractivity contribution in [2.24, 2.45) is 9.98 Å². The lowest BCUT2D eigenvalue weighted by molar-refractivity contribution is -0.599. The van der Waals surface area contributed by atoms with Gasteiger partial charge in [0.25, 0.3) is 0 Å². The molecule has 0 spiro atoms. The van der Waals surface area contributed by atoms with Gasteiger partial charge in [-0.2, -0.15) is 4.99 Å². The number of amidine groups is 1. The van der Waals surface area contributed by atoms with E-state index >= 15 is 0 Å². The van der Waals surface area contributed by atoms with E-state index in [1.54, 1.807) is 0 Å². The van der Waals surface area contributed by atoms with Crippen LogP contribution in [-0.2, 0) is 4.74 Å². The number of hydrogen-bond acceptors (Lipinski definition) is 5. The minimum atomic E-state index is -1.63. The maximum atomic E-state index is 10.5. The van der Waals surface area contributed by atoms with Crippen LogP contribution in [0.25, 0.3) is 0 Å². The highest BCUT2D eigenvalue weighted by Gasteiger charge is 2.64. The van der Waals surface area contributed by atoms with Crippen LogP contribution in [0.3, 0.4) is 0 Å². The quantitative estimate of drug-likeness (QED) is 0.457. The molecule has 0 radical (unpaired) electrons. The second-order valence-electron chi connectivity index (χ2n) is 2.67. The highest BCUT2D eigenvalue weighted by Crippen LogP contribution is 2.34. The molecule has 3 aliphatic rings. The monoisotopic (exact) mass is 169 g/mol. The van der Waals surface area contributed by atoms with Crippen LogP contribution in [-0.4, -0.2) is 22.5 Å². The van der Waals surface area contributed by atoms with Gasteiger partial charge in [-0.15, -0.1) is 4.99 Å². The molecule has 0 N–H and O–H groups in total. The van der Waals surface area contributed by atoms with Crippen molar-refractivity contribution in [3.8, 4) is 0 Å². The van der Waals surface area contributed by atoms with Crippen molar-refractivity contribution < 1.29 is 9.66 Å². The molecule has 2 bridgehead atoms. The van der Waals surface area contributed by atoms with Crippen molar-refractivity contribution in [1.29, 1.82) is 0 Å². The molecular weight excluding hydrogens is 162 g/mol. The van der Waals surface area contributed by atoms with Gasteiger partial charge in [0.1, 0.15) is 0 Å². The lowest BCUT2D eigenvalue weighted by Crippen LogP contribution is -2.49. The number of nitrogens with zero attached hydrogens (tertiary/aromatic N) is 3. The highest BCUT2D eigenvalue weighted by molar-refractivity contribution is 6.10. The molecule has 64 valence electrons. The Labute approximate surface area is 68.1 Å². The summed E-state index contributed by atoms with van der Waals surface area (Å²) in [5.41, 5.74) is 0.421. The van der Waals surface area contributed by atoms with Crippen molar-refractivity contribution in [1.82, 2.24) is 0 Å². The molecule has 3 aliphatic heterocycles. The van der Waals surface area contributed by atoms with Crippen molar-refractivity contribution in [3.05, 3.63) is 10.1 Å². The van der Waals surface area contributed by atoms with Gasteiger partial charge in [-0.25, -0.2) is 0 Å². The summed E-state index contributed by atoms with van der Waals surface area (Å²) < 4.78 is 4.81. The molecule has 0 aliphatic carbocycles. The lowest BCUT2D eigenvalue weighted by Gasteiger charge is -2.20. The lowest BCUT2D eigenvalue weighted by atomic mass is 10.1. The highest BCUT2D eigenvalue weighted by atomic mass is 16.7. The Morgan fingerprint density at radius 2 is 2.42 bits per heavy atom. The Hall–Kier alpha value is -1.46. The Kier molecular flexibility index (Phi) is 1.22. The van der Waals surface area contributed by atoms with Crippen molar-refractivity contribution in [2.45, 2.75) is 25.6 Å². The normalized spacial score (nSPS) is 30.1. The Morgan fingerprint density at radius 1 is 1.75 bits per heavy atom. The second kappa shape index (κ2) is 2.02. The van der Waals surface area contributed by atoms with Crippen LogP contribution in [0.2, 0.25) is 0 Å². The number of nitro groups is 1. The summed E-state index contributed by atoms with van der Waals surface area (Å²) in [5.74, 6) is -1.63. The number of aliphatic imine (C=N–C) groups is 2. The molecule has 6 nitrogen and oxygen atoms in total. The molecule has 6 heteroatoms. The van der Waals surface area contributed by atoms with Crippen LogP contribution in [0.5, 0.6) is 0 Å². The van der Waals surface area contributed by atoms with Crippen molar-refractivity contribution in [3.63, 3.8) is 0 Å². The molecule has 12 heavy (non-hydrogen) atoms. The van der Waals surface area contributed by atoms with E-state index < -0.39 is 10.8 Å². The maximum Gasteiger partial charge on any atom is 0.515 e. The zero-order valence-corrected chi connectivity index (χ0v) is 6.48. The van der Waals surface area contributed by atoms with Gasteiger partial charge in [-0.05, 0) is 6.42 Å². The minimum Gasteiger partial charge on any atom is -0.369 e. The molecule has 0 aromatic carbocycles. The van der Waals surface area contributed by atoms with E-state index in [1.165, 1.54) is 0 Å². The molecular formula is C6H7N3O3. The fraction of sp³-hybridized carbons (Fsp3) is 0.667. The topological polar surface area (TPSA) is 77.1 Å². The van der Waals surface area contributed by atoms with Gasteiger partial charge in [0.2, 0.25) is 0 Å². The summed E-state index contributed by atoms with van der Waals surface area (Å²) in [6.07, 6.45) is 1.37. The molecule has 1 atom stereocenters. The summed E-state index contributed by atoms with van der Waals surface area (Å²) in [5, 5.41) is 10.5. The van der Waals surface area contributed by atoms with Gasteiger partial charge in [-0.1, -0.05) is 13.3 Å². The molecule has 3 rings (SSSR count). The van der Waals surface area contributed by atoms with E-state index in [0.717, 1.165) is 6.42 Å². The second-order valence-corrected chi connectivity index (χ2v) is 2.67. The summed E-state index contributed by atoms with van der Waals surface area (Å²) in [6, 6.07) is 0.148. The SMILES string of the molecule is CCCC1=NC2=NC1([N+](=O)[O-])O2. The van der Waals surface area contributed by atoms with Gasteiger partial charge in [-0.3, -0.25) is 10.1 Å². The van der Waals surface area contributed by atoms with Crippen LogP contribution in [0, 0.1) is 10.1 Å². The predicted octanol–water partition coefficient (Wildman–Crippen LogP) is 0.558. The largest absolute Gasteiger partial charge is 0.515 e. The fourth-order valence-corrected chi connectivity index (χ4v) is 1.26. The summed E-state index contributed by atoms with van der Waals surface area (Å²) in [7, 11) is 0. The number of hydrogen-bond donors (Lipinski definition) is 0. The summed E-state index contributed by atoms with van der Waals surface area (Å²) in [6.45, 7) is 1.93. The van der Waals surface area contributed by atoms with Crippen LogP contribution >= 0.6 is 0 Å². The van der Waals surface area contributed by atoms with Crippen LogP contribution in [0.4, 0.5) is 0 Å².